The normalized spacial score (nSPS) is 11.1. The van der Waals surface area contributed by atoms with Gasteiger partial charge in [-0.2, -0.15) is 0 Å². The fourth-order valence-corrected chi connectivity index (χ4v) is 3.71. The van der Waals surface area contributed by atoms with E-state index in [1.807, 2.05) is 48.5 Å². The monoisotopic (exact) mass is 426 g/mol. The van der Waals surface area contributed by atoms with Crippen molar-refractivity contribution < 1.29 is 19.1 Å². The highest BCUT2D eigenvalue weighted by molar-refractivity contribution is 6.05. The van der Waals surface area contributed by atoms with Gasteiger partial charge in [-0.15, -0.1) is 0 Å². The number of hydrogen-bond acceptors (Lipinski definition) is 6. The summed E-state index contributed by atoms with van der Waals surface area (Å²) in [5, 5.41) is 0. The number of esters is 2. The third-order valence-electron chi connectivity index (χ3n) is 5.26. The van der Waals surface area contributed by atoms with Gasteiger partial charge in [0, 0.05) is 11.1 Å². The minimum atomic E-state index is -0.596. The van der Waals surface area contributed by atoms with E-state index in [1.54, 1.807) is 6.07 Å². The lowest BCUT2D eigenvalue weighted by Crippen LogP contribution is -2.10. The van der Waals surface area contributed by atoms with Crippen LogP contribution in [0.15, 0.2) is 60.7 Å². The van der Waals surface area contributed by atoms with Crippen LogP contribution in [0.4, 0.5) is 0 Å². The Morgan fingerprint density at radius 3 is 1.53 bits per heavy atom. The largest absolute Gasteiger partial charge is 0.465 e. The number of fused-ring (bicyclic) bond motifs is 2. The van der Waals surface area contributed by atoms with Crippen molar-refractivity contribution in [2.75, 3.05) is 14.2 Å². The number of imidazole rings is 2. The second-order valence-electron chi connectivity index (χ2n) is 7.13. The van der Waals surface area contributed by atoms with Gasteiger partial charge in [-0.1, -0.05) is 24.3 Å². The topological polar surface area (TPSA) is 110 Å². The number of rotatable bonds is 4. The van der Waals surface area contributed by atoms with Gasteiger partial charge in [0.1, 0.15) is 11.6 Å². The molecular weight excluding hydrogens is 408 g/mol. The van der Waals surface area contributed by atoms with Crippen LogP contribution in [0.25, 0.3) is 44.8 Å². The minimum absolute atomic E-state index is 0.187. The Morgan fingerprint density at radius 1 is 0.688 bits per heavy atom. The maximum Gasteiger partial charge on any atom is 0.338 e. The second kappa shape index (κ2) is 7.66. The Morgan fingerprint density at radius 2 is 1.12 bits per heavy atom. The van der Waals surface area contributed by atoms with Gasteiger partial charge in [-0.3, -0.25) is 0 Å². The lowest BCUT2D eigenvalue weighted by Gasteiger charge is -2.12. The van der Waals surface area contributed by atoms with E-state index in [-0.39, 0.29) is 11.1 Å². The summed E-state index contributed by atoms with van der Waals surface area (Å²) in [6, 6.07) is 18.3. The fraction of sp³-hybridized carbons (Fsp3) is 0.0833. The van der Waals surface area contributed by atoms with E-state index in [0.29, 0.717) is 22.8 Å². The quantitative estimate of drug-likeness (QED) is 0.414. The summed E-state index contributed by atoms with van der Waals surface area (Å²) in [6.45, 7) is 0. The van der Waals surface area contributed by atoms with Crippen LogP contribution in [0.1, 0.15) is 20.7 Å². The van der Waals surface area contributed by atoms with Crippen LogP contribution >= 0.6 is 0 Å². The van der Waals surface area contributed by atoms with Crippen molar-refractivity contribution in [2.45, 2.75) is 0 Å². The molecule has 0 fully saturated rings. The summed E-state index contributed by atoms with van der Waals surface area (Å²) >= 11 is 0. The number of nitrogens with one attached hydrogen (secondary N) is 2. The van der Waals surface area contributed by atoms with Crippen molar-refractivity contribution in [2.24, 2.45) is 0 Å². The van der Waals surface area contributed by atoms with Crippen LogP contribution in [0.2, 0.25) is 0 Å². The summed E-state index contributed by atoms with van der Waals surface area (Å²) in [5.41, 5.74) is 4.48. The molecule has 0 aliphatic rings. The number of carbonyl (C=O) groups is 2. The maximum atomic E-state index is 12.6. The van der Waals surface area contributed by atoms with Crippen molar-refractivity contribution >= 4 is 34.0 Å². The van der Waals surface area contributed by atoms with Gasteiger partial charge >= 0.3 is 11.9 Å². The number of methoxy groups -OCH3 is 2. The molecule has 5 aromatic rings. The van der Waals surface area contributed by atoms with E-state index in [2.05, 4.69) is 19.9 Å². The van der Waals surface area contributed by atoms with Gasteiger partial charge in [0.2, 0.25) is 0 Å². The smallest absolute Gasteiger partial charge is 0.338 e. The predicted molar refractivity (Wildman–Crippen MR) is 119 cm³/mol. The molecule has 8 nitrogen and oxygen atoms in total. The second-order valence-corrected chi connectivity index (χ2v) is 7.13. The fourth-order valence-electron chi connectivity index (χ4n) is 3.71. The Labute approximate surface area is 182 Å². The van der Waals surface area contributed by atoms with Crippen molar-refractivity contribution in [3.05, 3.63) is 71.8 Å². The first kappa shape index (κ1) is 19.5. The van der Waals surface area contributed by atoms with E-state index in [4.69, 9.17) is 9.47 Å². The molecule has 0 spiro atoms. The molecule has 0 saturated carbocycles. The molecular formula is C24H18N4O4. The first-order chi connectivity index (χ1) is 15.6. The lowest BCUT2D eigenvalue weighted by atomic mass is 9.97. The van der Waals surface area contributed by atoms with Gasteiger partial charge in [-0.05, 0) is 36.4 Å². The number of aromatic amines is 2. The van der Waals surface area contributed by atoms with E-state index in [9.17, 15) is 9.59 Å². The molecule has 0 atom stereocenters. The summed E-state index contributed by atoms with van der Waals surface area (Å²) in [6.07, 6.45) is 0. The summed E-state index contributed by atoms with van der Waals surface area (Å²) in [4.78, 5) is 41.0. The first-order valence-electron chi connectivity index (χ1n) is 9.84. The highest BCUT2D eigenvalue weighted by Gasteiger charge is 2.25. The molecule has 3 aromatic carbocycles. The van der Waals surface area contributed by atoms with Crippen molar-refractivity contribution in [1.82, 2.24) is 19.9 Å². The summed E-state index contributed by atoms with van der Waals surface area (Å²) in [7, 11) is 2.57. The number of carbonyl (C=O) groups excluding carboxylic acids is 2. The van der Waals surface area contributed by atoms with Crippen LogP contribution in [-0.2, 0) is 9.47 Å². The number of hydrogen-bond donors (Lipinski definition) is 2. The third kappa shape index (κ3) is 3.18. The molecule has 2 aromatic heterocycles. The van der Waals surface area contributed by atoms with E-state index >= 15 is 0 Å². The predicted octanol–water partition coefficient (Wildman–Crippen LogP) is 4.35. The molecule has 0 aliphatic carbocycles. The van der Waals surface area contributed by atoms with E-state index in [0.717, 1.165) is 22.1 Å². The average Bonchev–Trinajstić information content (AvgIpc) is 3.46. The number of ether oxygens (including phenoxy) is 2. The summed E-state index contributed by atoms with van der Waals surface area (Å²) < 4.78 is 9.96. The Kier molecular flexibility index (Phi) is 4.67. The van der Waals surface area contributed by atoms with Crippen LogP contribution in [-0.4, -0.2) is 46.1 Å². The minimum Gasteiger partial charge on any atom is -0.465 e. The van der Waals surface area contributed by atoms with E-state index < -0.39 is 11.9 Å². The lowest BCUT2D eigenvalue weighted by molar-refractivity contribution is 0.0600. The van der Waals surface area contributed by atoms with Crippen LogP contribution in [0.3, 0.4) is 0 Å². The number of aromatic nitrogens is 4. The molecule has 2 heterocycles. The standard InChI is InChI=1S/C24H18N4O4/c1-31-23(29)15-12-16(24(30)32-2)14(22-27-19-9-5-6-10-20(19)28-22)11-13(15)21-25-17-7-3-4-8-18(17)26-21/h3-12H,1-2H3,(H,25,26)(H,27,28). The Balaban J connectivity index is 1.80. The maximum absolute atomic E-state index is 12.6. The molecule has 2 N–H and O–H groups in total. The van der Waals surface area contributed by atoms with Gasteiger partial charge in [-0.25, -0.2) is 19.6 Å². The number of benzene rings is 3. The molecule has 158 valence electrons. The Hall–Kier alpha value is -4.46. The molecule has 0 radical (unpaired) electrons. The Bertz CT molecular complexity index is 1320. The zero-order valence-electron chi connectivity index (χ0n) is 17.3. The highest BCUT2D eigenvalue weighted by atomic mass is 16.5. The molecule has 0 saturated heterocycles. The molecule has 8 heteroatoms. The molecule has 32 heavy (non-hydrogen) atoms. The van der Waals surface area contributed by atoms with Crippen molar-refractivity contribution in [1.29, 1.82) is 0 Å². The van der Waals surface area contributed by atoms with Gasteiger partial charge in [0.25, 0.3) is 0 Å². The average molecular weight is 426 g/mol. The summed E-state index contributed by atoms with van der Waals surface area (Å²) in [5.74, 6) is -0.246. The molecule has 5 rings (SSSR count). The molecule has 0 aliphatic heterocycles. The number of nitrogens with zero attached hydrogens (tertiary/aromatic N) is 2. The van der Waals surface area contributed by atoms with Gasteiger partial charge in [0.15, 0.2) is 0 Å². The molecule has 0 unspecified atom stereocenters. The molecule has 0 bridgehead atoms. The van der Waals surface area contributed by atoms with Gasteiger partial charge in [0.05, 0.1) is 47.4 Å². The van der Waals surface area contributed by atoms with Gasteiger partial charge < -0.3 is 19.4 Å². The number of H-pyrrole nitrogens is 2. The van der Waals surface area contributed by atoms with E-state index in [1.165, 1.54) is 20.3 Å². The molecule has 0 amide bonds. The van der Waals surface area contributed by atoms with Crippen LogP contribution in [0, 0.1) is 0 Å². The SMILES string of the molecule is COC(=O)c1cc(C(=O)OC)c(-c2nc3ccccc3[nH]2)cc1-c1nc2ccccc2[nH]1. The van der Waals surface area contributed by atoms with Crippen LogP contribution in [0.5, 0.6) is 0 Å². The first-order valence-corrected chi connectivity index (χ1v) is 9.84. The van der Waals surface area contributed by atoms with Crippen molar-refractivity contribution in [3.8, 4) is 22.8 Å². The van der Waals surface area contributed by atoms with Crippen molar-refractivity contribution in [3.63, 3.8) is 0 Å². The highest BCUT2D eigenvalue weighted by Crippen LogP contribution is 2.33. The zero-order chi connectivity index (χ0) is 22.2. The zero-order valence-corrected chi connectivity index (χ0v) is 17.3. The van der Waals surface area contributed by atoms with Crippen LogP contribution < -0.4 is 0 Å². The third-order valence-corrected chi connectivity index (χ3v) is 5.26. The number of para-hydroxylation sites is 4.